The van der Waals surface area contributed by atoms with Gasteiger partial charge in [-0.3, -0.25) is 9.35 Å². The molecule has 0 saturated carbocycles. The van der Waals surface area contributed by atoms with Gasteiger partial charge < -0.3 is 10.8 Å². The van der Waals surface area contributed by atoms with Crippen LogP contribution in [-0.4, -0.2) is 29.4 Å². The summed E-state index contributed by atoms with van der Waals surface area (Å²) in [5.74, 6) is -1.13. The number of benzene rings is 1. The predicted molar refractivity (Wildman–Crippen MR) is 61.2 cm³/mol. The summed E-state index contributed by atoms with van der Waals surface area (Å²) in [5.41, 5.74) is 2.47. The maximum absolute atomic E-state index is 11.0. The quantitative estimate of drug-likeness (QED) is 0.508. The number of aliphatic hydroxyl groups excluding tert-OH is 1. The third-order valence-corrected chi connectivity index (χ3v) is 2.77. The molecule has 0 aliphatic heterocycles. The van der Waals surface area contributed by atoms with E-state index >= 15 is 0 Å². The molecule has 0 spiro atoms. The van der Waals surface area contributed by atoms with E-state index < -0.39 is 27.0 Å². The molecule has 0 aliphatic carbocycles. The van der Waals surface area contributed by atoms with Gasteiger partial charge in [0.1, 0.15) is 0 Å². The van der Waals surface area contributed by atoms with E-state index in [-0.39, 0.29) is 0 Å². The number of primary amides is 1. The molecule has 1 unspecified atom stereocenters. The highest BCUT2D eigenvalue weighted by atomic mass is 32.2. The van der Waals surface area contributed by atoms with E-state index in [1.54, 1.807) is 30.3 Å². The Labute approximate surface area is 98.1 Å². The Kier molecular flexibility index (Phi) is 4.00. The summed E-state index contributed by atoms with van der Waals surface area (Å²) in [5, 5.41) is 9.27. The lowest BCUT2D eigenvalue weighted by atomic mass is 10.1. The Hall–Kier alpha value is -1.70. The van der Waals surface area contributed by atoms with Gasteiger partial charge in [-0.05, 0) is 11.6 Å². The van der Waals surface area contributed by atoms with Crippen LogP contribution in [0.4, 0.5) is 0 Å². The number of nitrogens with two attached hydrogens (primary N) is 1. The van der Waals surface area contributed by atoms with Crippen LogP contribution in [0.15, 0.2) is 35.9 Å². The Bertz CT molecular complexity index is 535. The highest BCUT2D eigenvalue weighted by Gasteiger charge is 2.27. The summed E-state index contributed by atoms with van der Waals surface area (Å²) >= 11 is 0. The number of amides is 1. The lowest BCUT2D eigenvalue weighted by Gasteiger charge is -2.08. The molecule has 1 amide bonds. The highest BCUT2D eigenvalue weighted by molar-refractivity contribution is 7.86. The van der Waals surface area contributed by atoms with E-state index in [1.807, 2.05) is 0 Å². The van der Waals surface area contributed by atoms with E-state index in [0.29, 0.717) is 5.56 Å². The molecule has 0 fully saturated rings. The molecule has 0 aliphatic rings. The maximum atomic E-state index is 11.0. The van der Waals surface area contributed by atoms with Crippen molar-refractivity contribution in [2.75, 3.05) is 0 Å². The van der Waals surface area contributed by atoms with E-state index in [1.165, 1.54) is 0 Å². The Morgan fingerprint density at radius 1 is 1.29 bits per heavy atom. The fraction of sp³-hybridized carbons (Fsp3) is 0.100. The molecule has 0 aromatic heterocycles. The fourth-order valence-corrected chi connectivity index (χ4v) is 1.66. The van der Waals surface area contributed by atoms with Gasteiger partial charge in [0, 0.05) is 0 Å². The van der Waals surface area contributed by atoms with Gasteiger partial charge in [-0.15, -0.1) is 0 Å². The van der Waals surface area contributed by atoms with E-state index in [2.05, 4.69) is 0 Å². The van der Waals surface area contributed by atoms with E-state index in [0.717, 1.165) is 6.08 Å². The van der Waals surface area contributed by atoms with Crippen LogP contribution < -0.4 is 5.73 Å². The second-order valence-electron chi connectivity index (χ2n) is 3.24. The zero-order valence-corrected chi connectivity index (χ0v) is 9.46. The first-order valence-corrected chi connectivity index (χ1v) is 6.03. The summed E-state index contributed by atoms with van der Waals surface area (Å²) < 4.78 is 30.1. The minimum absolute atomic E-state index is 0.476. The third-order valence-electron chi connectivity index (χ3n) is 1.95. The van der Waals surface area contributed by atoms with Gasteiger partial charge in [-0.1, -0.05) is 30.3 Å². The SMILES string of the molecule is NC(=O)C(=Cc1ccccc1)C(O)S(=O)(=O)O. The van der Waals surface area contributed by atoms with Crippen molar-refractivity contribution in [3.63, 3.8) is 0 Å². The molecule has 0 saturated heterocycles. The summed E-state index contributed by atoms with van der Waals surface area (Å²) in [7, 11) is -4.78. The molecule has 0 radical (unpaired) electrons. The largest absolute Gasteiger partial charge is 0.371 e. The fourth-order valence-electron chi connectivity index (χ4n) is 1.15. The lowest BCUT2D eigenvalue weighted by molar-refractivity contribution is -0.115. The minimum atomic E-state index is -4.78. The zero-order chi connectivity index (χ0) is 13.1. The standard InChI is InChI=1S/C10H11NO5S/c11-9(12)8(10(13)17(14,15)16)6-7-4-2-1-3-5-7/h1-6,10,13H,(H2,11,12)(H,14,15,16). The zero-order valence-electron chi connectivity index (χ0n) is 8.65. The second kappa shape index (κ2) is 5.09. The monoisotopic (exact) mass is 257 g/mol. The summed E-state index contributed by atoms with van der Waals surface area (Å²) in [6, 6.07) is 8.20. The van der Waals surface area contributed by atoms with Crippen LogP contribution in [-0.2, 0) is 14.9 Å². The third kappa shape index (κ3) is 3.66. The molecule has 0 bridgehead atoms. The average Bonchev–Trinajstić information content (AvgIpc) is 2.24. The summed E-state index contributed by atoms with van der Waals surface area (Å²) in [4.78, 5) is 11.0. The predicted octanol–water partition coefficient (Wildman–Crippen LogP) is -0.238. The van der Waals surface area contributed by atoms with E-state index in [9.17, 15) is 18.3 Å². The average molecular weight is 257 g/mol. The normalized spacial score (nSPS) is 14.4. The summed E-state index contributed by atoms with van der Waals surface area (Å²) in [6.45, 7) is 0. The molecule has 0 heterocycles. The van der Waals surface area contributed by atoms with Crippen molar-refractivity contribution in [2.45, 2.75) is 5.44 Å². The molecule has 7 heteroatoms. The molecule has 1 rings (SSSR count). The van der Waals surface area contributed by atoms with Crippen LogP contribution in [0.25, 0.3) is 6.08 Å². The highest BCUT2D eigenvalue weighted by Crippen LogP contribution is 2.13. The van der Waals surface area contributed by atoms with Gasteiger partial charge in [0.2, 0.25) is 11.3 Å². The van der Waals surface area contributed by atoms with Crippen molar-refractivity contribution in [1.29, 1.82) is 0 Å². The van der Waals surface area contributed by atoms with Crippen molar-refractivity contribution >= 4 is 22.1 Å². The van der Waals surface area contributed by atoms with Gasteiger partial charge in [0.25, 0.3) is 10.1 Å². The Balaban J connectivity index is 3.20. The number of aliphatic hydroxyl groups is 1. The van der Waals surface area contributed by atoms with Crippen molar-refractivity contribution < 1.29 is 22.9 Å². The first-order valence-electron chi connectivity index (χ1n) is 4.53. The molecule has 1 aromatic rings. The van der Waals surface area contributed by atoms with E-state index in [4.69, 9.17) is 10.3 Å². The molecule has 4 N–H and O–H groups in total. The molecule has 6 nitrogen and oxygen atoms in total. The van der Waals surface area contributed by atoms with Crippen LogP contribution in [0.2, 0.25) is 0 Å². The van der Waals surface area contributed by atoms with Crippen molar-refractivity contribution in [2.24, 2.45) is 5.73 Å². The maximum Gasteiger partial charge on any atom is 0.296 e. The molecule has 92 valence electrons. The lowest BCUT2D eigenvalue weighted by Crippen LogP contribution is -2.30. The first-order chi connectivity index (χ1) is 7.82. The number of carbonyl (C=O) groups is 1. The van der Waals surface area contributed by atoms with Crippen LogP contribution in [0.3, 0.4) is 0 Å². The second-order valence-corrected chi connectivity index (χ2v) is 4.72. The van der Waals surface area contributed by atoms with Crippen LogP contribution >= 0.6 is 0 Å². The molecule has 17 heavy (non-hydrogen) atoms. The van der Waals surface area contributed by atoms with Crippen molar-refractivity contribution in [3.05, 3.63) is 41.5 Å². The van der Waals surface area contributed by atoms with Crippen molar-refractivity contribution in [1.82, 2.24) is 0 Å². The minimum Gasteiger partial charge on any atom is -0.371 e. The number of carbonyl (C=O) groups excluding carboxylic acids is 1. The number of hydrogen-bond donors (Lipinski definition) is 3. The molecular weight excluding hydrogens is 246 g/mol. The Morgan fingerprint density at radius 3 is 2.24 bits per heavy atom. The van der Waals surface area contributed by atoms with Crippen molar-refractivity contribution in [3.8, 4) is 0 Å². The van der Waals surface area contributed by atoms with Gasteiger partial charge in [-0.25, -0.2) is 0 Å². The van der Waals surface area contributed by atoms with Crippen LogP contribution in [0.1, 0.15) is 5.56 Å². The van der Waals surface area contributed by atoms with Gasteiger partial charge in [0.05, 0.1) is 5.57 Å². The van der Waals surface area contributed by atoms with Crippen LogP contribution in [0.5, 0.6) is 0 Å². The topological polar surface area (TPSA) is 118 Å². The molecular formula is C10H11NO5S. The van der Waals surface area contributed by atoms with Gasteiger partial charge in [0.15, 0.2) is 0 Å². The molecule has 1 aromatic carbocycles. The van der Waals surface area contributed by atoms with Gasteiger partial charge >= 0.3 is 0 Å². The smallest absolute Gasteiger partial charge is 0.296 e. The summed E-state index contributed by atoms with van der Waals surface area (Å²) in [6.07, 6.45) is 1.10. The first kappa shape index (κ1) is 13.4. The van der Waals surface area contributed by atoms with Gasteiger partial charge in [-0.2, -0.15) is 8.42 Å². The number of rotatable bonds is 4. The molecule has 1 atom stereocenters. The van der Waals surface area contributed by atoms with Crippen LogP contribution in [0, 0.1) is 0 Å². The Morgan fingerprint density at radius 2 is 1.82 bits per heavy atom. The number of hydrogen-bond acceptors (Lipinski definition) is 4.